The number of hydrogen-bond acceptors (Lipinski definition) is 5. The molecule has 0 bridgehead atoms. The number of sulfonamides is 1. The normalized spacial score (nSPS) is 14.1. The Balaban J connectivity index is 1.82. The van der Waals surface area contributed by atoms with Crippen molar-refractivity contribution in [3.63, 3.8) is 0 Å². The highest BCUT2D eigenvalue weighted by molar-refractivity contribution is 7.89. The van der Waals surface area contributed by atoms with Gasteiger partial charge in [-0.25, -0.2) is 13.1 Å². The third-order valence-corrected chi connectivity index (χ3v) is 6.10. The average molecular weight is 404 g/mol. The third-order valence-electron chi connectivity index (χ3n) is 4.71. The van der Waals surface area contributed by atoms with Gasteiger partial charge in [0.2, 0.25) is 10.0 Å². The van der Waals surface area contributed by atoms with Crippen LogP contribution in [0, 0.1) is 0 Å². The molecule has 150 valence electrons. The van der Waals surface area contributed by atoms with Crippen LogP contribution >= 0.6 is 0 Å². The predicted octanol–water partition coefficient (Wildman–Crippen LogP) is 2.42. The van der Waals surface area contributed by atoms with E-state index in [1.807, 2.05) is 0 Å². The van der Waals surface area contributed by atoms with Gasteiger partial charge >= 0.3 is 0 Å². The summed E-state index contributed by atoms with van der Waals surface area (Å²) in [5.74, 6) is 0.808. The molecular formula is C20H24N2O5S. The van der Waals surface area contributed by atoms with E-state index in [-0.39, 0.29) is 22.9 Å². The van der Waals surface area contributed by atoms with Crippen LogP contribution in [0.15, 0.2) is 47.4 Å². The number of nitrogens with one attached hydrogen (secondary N) is 1. The summed E-state index contributed by atoms with van der Waals surface area (Å²) in [6, 6.07) is 11.5. The van der Waals surface area contributed by atoms with Crippen LogP contribution in [0.25, 0.3) is 0 Å². The van der Waals surface area contributed by atoms with Gasteiger partial charge in [-0.3, -0.25) is 4.79 Å². The number of carbonyl (C=O) groups excluding carboxylic acids is 1. The second-order valence-electron chi connectivity index (χ2n) is 6.54. The Morgan fingerprint density at radius 2 is 1.82 bits per heavy atom. The van der Waals surface area contributed by atoms with Gasteiger partial charge in [-0.2, -0.15) is 0 Å². The molecule has 2 aromatic carbocycles. The van der Waals surface area contributed by atoms with Gasteiger partial charge in [0.1, 0.15) is 11.5 Å². The van der Waals surface area contributed by atoms with Crippen molar-refractivity contribution in [2.45, 2.75) is 24.3 Å². The highest BCUT2D eigenvalue weighted by Gasteiger charge is 2.25. The lowest BCUT2D eigenvalue weighted by molar-refractivity contribution is 0.0789. The number of amides is 1. The smallest absolute Gasteiger partial charge is 0.257 e. The van der Waals surface area contributed by atoms with E-state index in [0.717, 1.165) is 18.4 Å². The maximum atomic E-state index is 12.8. The average Bonchev–Trinajstić information content (AvgIpc) is 3.26. The molecule has 1 amide bonds. The zero-order chi connectivity index (χ0) is 20.1. The maximum absolute atomic E-state index is 12.8. The fourth-order valence-electron chi connectivity index (χ4n) is 3.16. The number of benzene rings is 2. The molecule has 1 aliphatic heterocycles. The number of rotatable bonds is 7. The third kappa shape index (κ3) is 4.45. The van der Waals surface area contributed by atoms with Gasteiger partial charge in [-0.05, 0) is 48.7 Å². The Morgan fingerprint density at radius 3 is 2.50 bits per heavy atom. The highest BCUT2D eigenvalue weighted by Crippen LogP contribution is 2.25. The summed E-state index contributed by atoms with van der Waals surface area (Å²) < 4.78 is 38.5. The van der Waals surface area contributed by atoms with Crippen LogP contribution < -0.4 is 14.2 Å². The van der Waals surface area contributed by atoms with Crippen LogP contribution in [0.2, 0.25) is 0 Å². The fourth-order valence-corrected chi connectivity index (χ4v) is 4.20. The van der Waals surface area contributed by atoms with Crippen LogP contribution in [-0.4, -0.2) is 46.5 Å². The number of likely N-dealkylation sites (tertiary alicyclic amines) is 1. The van der Waals surface area contributed by atoms with Gasteiger partial charge in [-0.15, -0.1) is 0 Å². The van der Waals surface area contributed by atoms with Crippen molar-refractivity contribution >= 4 is 15.9 Å². The number of nitrogens with zero attached hydrogens (tertiary/aromatic N) is 1. The molecule has 7 nitrogen and oxygen atoms in total. The summed E-state index contributed by atoms with van der Waals surface area (Å²) in [5, 5.41) is 0. The van der Waals surface area contributed by atoms with Crippen molar-refractivity contribution in [3.05, 3.63) is 53.6 Å². The minimum Gasteiger partial charge on any atom is -0.497 e. The van der Waals surface area contributed by atoms with Gasteiger partial charge in [0.15, 0.2) is 0 Å². The van der Waals surface area contributed by atoms with Crippen molar-refractivity contribution in [3.8, 4) is 11.5 Å². The molecule has 0 atom stereocenters. The van der Waals surface area contributed by atoms with E-state index in [9.17, 15) is 13.2 Å². The van der Waals surface area contributed by atoms with Crippen LogP contribution in [0.4, 0.5) is 0 Å². The lowest BCUT2D eigenvalue weighted by Gasteiger charge is -2.18. The zero-order valence-corrected chi connectivity index (χ0v) is 16.8. The second-order valence-corrected chi connectivity index (χ2v) is 8.30. The summed E-state index contributed by atoms with van der Waals surface area (Å²) >= 11 is 0. The molecule has 1 N–H and O–H groups in total. The number of ether oxygens (including phenoxy) is 2. The largest absolute Gasteiger partial charge is 0.497 e. The SMILES string of the molecule is COc1cccc(CNS(=O)(=O)c2ccc(OC)c(C(=O)N3CCCC3)c2)c1. The van der Waals surface area contributed by atoms with Gasteiger partial charge in [0.25, 0.3) is 5.91 Å². The minimum atomic E-state index is -3.80. The first-order chi connectivity index (χ1) is 13.4. The molecule has 1 aliphatic rings. The minimum absolute atomic E-state index is 0.0266. The van der Waals surface area contributed by atoms with E-state index in [2.05, 4.69) is 4.72 Å². The van der Waals surface area contributed by atoms with E-state index in [0.29, 0.717) is 24.6 Å². The van der Waals surface area contributed by atoms with Crippen molar-refractivity contribution in [2.24, 2.45) is 0 Å². The van der Waals surface area contributed by atoms with Gasteiger partial charge in [0.05, 0.1) is 24.7 Å². The number of carbonyl (C=O) groups is 1. The molecule has 0 aliphatic carbocycles. The van der Waals surface area contributed by atoms with Gasteiger partial charge < -0.3 is 14.4 Å². The van der Waals surface area contributed by atoms with E-state index in [1.165, 1.54) is 25.3 Å². The first kappa shape index (κ1) is 20.2. The first-order valence-corrected chi connectivity index (χ1v) is 10.5. The van der Waals surface area contributed by atoms with Gasteiger partial charge in [-0.1, -0.05) is 12.1 Å². The molecule has 1 heterocycles. The van der Waals surface area contributed by atoms with Crippen molar-refractivity contribution in [1.82, 2.24) is 9.62 Å². The Kier molecular flexibility index (Phi) is 6.21. The molecule has 0 unspecified atom stereocenters. The molecule has 0 radical (unpaired) electrons. The summed E-state index contributed by atoms with van der Waals surface area (Å²) in [6.45, 7) is 1.46. The maximum Gasteiger partial charge on any atom is 0.257 e. The van der Waals surface area contributed by atoms with Crippen LogP contribution in [-0.2, 0) is 16.6 Å². The Bertz CT molecular complexity index is 953. The molecule has 0 spiro atoms. The van der Waals surface area contributed by atoms with Crippen LogP contribution in [0.1, 0.15) is 28.8 Å². The Labute approximate surface area is 165 Å². The molecule has 0 aromatic heterocycles. The monoisotopic (exact) mass is 404 g/mol. The summed E-state index contributed by atoms with van der Waals surface area (Å²) in [7, 11) is -0.781. The Morgan fingerprint density at radius 1 is 1.07 bits per heavy atom. The zero-order valence-electron chi connectivity index (χ0n) is 16.0. The van der Waals surface area contributed by atoms with E-state index < -0.39 is 10.0 Å². The molecule has 0 saturated carbocycles. The second kappa shape index (κ2) is 8.62. The lowest BCUT2D eigenvalue weighted by atomic mass is 10.1. The predicted molar refractivity (Wildman–Crippen MR) is 105 cm³/mol. The summed E-state index contributed by atoms with van der Waals surface area (Å²) in [4.78, 5) is 14.5. The molecule has 3 rings (SSSR count). The van der Waals surface area contributed by atoms with E-state index in [4.69, 9.17) is 9.47 Å². The van der Waals surface area contributed by atoms with Crippen molar-refractivity contribution in [1.29, 1.82) is 0 Å². The van der Waals surface area contributed by atoms with E-state index >= 15 is 0 Å². The van der Waals surface area contributed by atoms with Crippen LogP contribution in [0.3, 0.4) is 0 Å². The quantitative estimate of drug-likeness (QED) is 0.766. The lowest BCUT2D eigenvalue weighted by Crippen LogP contribution is -2.29. The first-order valence-electron chi connectivity index (χ1n) is 9.04. The number of hydrogen-bond donors (Lipinski definition) is 1. The van der Waals surface area contributed by atoms with E-state index in [1.54, 1.807) is 36.3 Å². The molecule has 1 fully saturated rings. The highest BCUT2D eigenvalue weighted by atomic mass is 32.2. The fraction of sp³-hybridized carbons (Fsp3) is 0.350. The van der Waals surface area contributed by atoms with Gasteiger partial charge in [0, 0.05) is 19.6 Å². The molecular weight excluding hydrogens is 380 g/mol. The summed E-state index contributed by atoms with van der Waals surface area (Å²) in [6.07, 6.45) is 1.91. The summed E-state index contributed by atoms with van der Waals surface area (Å²) in [5.41, 5.74) is 1.03. The molecule has 1 saturated heterocycles. The van der Waals surface area contributed by atoms with Crippen molar-refractivity contribution < 1.29 is 22.7 Å². The topological polar surface area (TPSA) is 84.9 Å². The Hall–Kier alpha value is -2.58. The molecule has 8 heteroatoms. The number of methoxy groups -OCH3 is 2. The van der Waals surface area contributed by atoms with Crippen LogP contribution in [0.5, 0.6) is 11.5 Å². The standard InChI is InChI=1S/C20H24N2O5S/c1-26-16-7-5-6-15(12-16)14-21-28(24,25)17-8-9-19(27-2)18(13-17)20(23)22-10-3-4-11-22/h5-9,12-13,21H,3-4,10-11,14H2,1-2H3. The molecule has 2 aromatic rings. The molecule has 28 heavy (non-hydrogen) atoms. The van der Waals surface area contributed by atoms with Crippen molar-refractivity contribution in [2.75, 3.05) is 27.3 Å².